The van der Waals surface area contributed by atoms with Crippen LogP contribution >= 0.6 is 0 Å². The van der Waals surface area contributed by atoms with Crippen molar-refractivity contribution in [1.29, 1.82) is 0 Å². The Morgan fingerprint density at radius 3 is 2.44 bits per heavy atom. The third kappa shape index (κ3) is 4.73. The van der Waals surface area contributed by atoms with E-state index in [2.05, 4.69) is 48.5 Å². The summed E-state index contributed by atoms with van der Waals surface area (Å²) < 4.78 is 0. The first-order chi connectivity index (χ1) is 13.0. The molecule has 1 amide bonds. The van der Waals surface area contributed by atoms with Gasteiger partial charge in [0.15, 0.2) is 0 Å². The first kappa shape index (κ1) is 18.6. The van der Waals surface area contributed by atoms with Crippen LogP contribution in [-0.2, 0) is 6.54 Å². The summed E-state index contributed by atoms with van der Waals surface area (Å²) in [6.45, 7) is 7.04. The lowest BCUT2D eigenvalue weighted by atomic mass is 10.0. The highest BCUT2D eigenvalue weighted by Gasteiger charge is 2.12. The number of aryl methyl sites for hydroxylation is 1. The minimum atomic E-state index is -0.200. The van der Waals surface area contributed by atoms with Gasteiger partial charge in [-0.3, -0.25) is 4.79 Å². The number of rotatable bonds is 6. The van der Waals surface area contributed by atoms with Crippen molar-refractivity contribution in [3.05, 3.63) is 89.2 Å². The van der Waals surface area contributed by atoms with Crippen molar-refractivity contribution >= 4 is 17.3 Å². The van der Waals surface area contributed by atoms with Crippen LogP contribution in [0.1, 0.15) is 46.9 Å². The number of nitrogens with one attached hydrogen (secondary N) is 2. The highest BCUT2D eigenvalue weighted by Crippen LogP contribution is 2.24. The van der Waals surface area contributed by atoms with Crippen LogP contribution in [0, 0.1) is 6.92 Å². The van der Waals surface area contributed by atoms with E-state index in [1.54, 1.807) is 12.3 Å². The molecular formula is C23H25N3O. The summed E-state index contributed by atoms with van der Waals surface area (Å²) >= 11 is 0. The van der Waals surface area contributed by atoms with E-state index >= 15 is 0 Å². The Bertz CT molecular complexity index is 917. The first-order valence-corrected chi connectivity index (χ1v) is 9.19. The van der Waals surface area contributed by atoms with Crippen LogP contribution in [0.4, 0.5) is 11.4 Å². The normalized spacial score (nSPS) is 10.7. The highest BCUT2D eigenvalue weighted by atomic mass is 16.1. The standard InChI is InChI=1S/C23H25N3O/c1-16(2)20-10-6-7-11-21(20)26-23(27)22-13-12-19(15-25-22)24-14-18-9-5-4-8-17(18)3/h4-13,15-16,24H,14H2,1-3H3,(H,26,27). The van der Waals surface area contributed by atoms with Gasteiger partial charge in [-0.15, -0.1) is 0 Å². The largest absolute Gasteiger partial charge is 0.380 e. The molecule has 0 saturated carbocycles. The maximum Gasteiger partial charge on any atom is 0.274 e. The van der Waals surface area contributed by atoms with Gasteiger partial charge in [0.2, 0.25) is 0 Å². The van der Waals surface area contributed by atoms with E-state index in [4.69, 9.17) is 0 Å². The number of carbonyl (C=O) groups excluding carboxylic acids is 1. The zero-order chi connectivity index (χ0) is 19.2. The Morgan fingerprint density at radius 1 is 1.00 bits per heavy atom. The number of hydrogen-bond donors (Lipinski definition) is 2. The second-order valence-electron chi connectivity index (χ2n) is 6.91. The molecule has 2 N–H and O–H groups in total. The van der Waals surface area contributed by atoms with Crippen molar-refractivity contribution in [1.82, 2.24) is 4.98 Å². The van der Waals surface area contributed by atoms with Crippen molar-refractivity contribution in [2.45, 2.75) is 33.2 Å². The molecule has 0 aliphatic rings. The fourth-order valence-corrected chi connectivity index (χ4v) is 2.94. The van der Waals surface area contributed by atoms with Gasteiger partial charge in [-0.05, 0) is 47.7 Å². The van der Waals surface area contributed by atoms with E-state index in [-0.39, 0.29) is 5.91 Å². The Balaban J connectivity index is 1.65. The van der Waals surface area contributed by atoms with E-state index in [1.807, 2.05) is 42.5 Å². The summed E-state index contributed by atoms with van der Waals surface area (Å²) in [5, 5.41) is 6.32. The van der Waals surface area contributed by atoms with E-state index in [9.17, 15) is 4.79 Å². The summed E-state index contributed by atoms with van der Waals surface area (Å²) in [7, 11) is 0. The van der Waals surface area contributed by atoms with Gasteiger partial charge in [0.1, 0.15) is 5.69 Å². The molecule has 0 bridgehead atoms. The van der Waals surface area contributed by atoms with Crippen LogP contribution in [0.25, 0.3) is 0 Å². The summed E-state index contributed by atoms with van der Waals surface area (Å²) in [4.78, 5) is 16.8. The van der Waals surface area contributed by atoms with Crippen LogP contribution < -0.4 is 10.6 Å². The fraction of sp³-hybridized carbons (Fsp3) is 0.217. The number of anilines is 2. The van der Waals surface area contributed by atoms with E-state index in [0.29, 0.717) is 11.6 Å². The molecule has 3 aromatic rings. The monoisotopic (exact) mass is 359 g/mol. The van der Waals surface area contributed by atoms with Crippen molar-refractivity contribution in [3.63, 3.8) is 0 Å². The predicted octanol–water partition coefficient (Wildman–Crippen LogP) is 5.38. The van der Waals surface area contributed by atoms with E-state index in [1.165, 1.54) is 11.1 Å². The number of hydrogen-bond acceptors (Lipinski definition) is 3. The average Bonchev–Trinajstić information content (AvgIpc) is 2.68. The lowest BCUT2D eigenvalue weighted by molar-refractivity contribution is 0.102. The van der Waals surface area contributed by atoms with E-state index < -0.39 is 0 Å². The SMILES string of the molecule is Cc1ccccc1CNc1ccc(C(=O)Nc2ccccc2C(C)C)nc1. The number of amides is 1. The van der Waals surface area contributed by atoms with Crippen molar-refractivity contribution in [3.8, 4) is 0 Å². The highest BCUT2D eigenvalue weighted by molar-refractivity contribution is 6.03. The minimum absolute atomic E-state index is 0.200. The summed E-state index contributed by atoms with van der Waals surface area (Å²) in [6, 6.07) is 19.8. The van der Waals surface area contributed by atoms with Gasteiger partial charge in [0.05, 0.1) is 11.9 Å². The molecule has 0 atom stereocenters. The predicted molar refractivity (Wildman–Crippen MR) is 111 cm³/mol. The van der Waals surface area contributed by atoms with Crippen LogP contribution in [0.5, 0.6) is 0 Å². The van der Waals surface area contributed by atoms with Crippen molar-refractivity contribution < 1.29 is 4.79 Å². The molecule has 138 valence electrons. The van der Waals surface area contributed by atoms with E-state index in [0.717, 1.165) is 23.5 Å². The molecule has 0 aliphatic carbocycles. The molecule has 27 heavy (non-hydrogen) atoms. The van der Waals surface area contributed by atoms with Crippen LogP contribution in [0.15, 0.2) is 66.9 Å². The molecule has 1 aromatic heterocycles. The molecule has 0 spiro atoms. The van der Waals surface area contributed by atoms with Gasteiger partial charge >= 0.3 is 0 Å². The minimum Gasteiger partial charge on any atom is -0.380 e. The molecule has 0 fully saturated rings. The molecule has 0 aliphatic heterocycles. The van der Waals surface area contributed by atoms with Gasteiger partial charge in [-0.1, -0.05) is 56.3 Å². The number of carbonyl (C=O) groups is 1. The topological polar surface area (TPSA) is 54.0 Å². The average molecular weight is 359 g/mol. The Morgan fingerprint density at radius 2 is 1.74 bits per heavy atom. The van der Waals surface area contributed by atoms with Crippen LogP contribution in [0.3, 0.4) is 0 Å². The molecule has 1 heterocycles. The molecule has 4 nitrogen and oxygen atoms in total. The third-order valence-electron chi connectivity index (χ3n) is 4.57. The van der Waals surface area contributed by atoms with Crippen molar-refractivity contribution in [2.75, 3.05) is 10.6 Å². The van der Waals surface area contributed by atoms with Crippen LogP contribution in [0.2, 0.25) is 0 Å². The molecule has 0 saturated heterocycles. The summed E-state index contributed by atoms with van der Waals surface area (Å²) in [5.74, 6) is 0.135. The maximum absolute atomic E-state index is 12.5. The zero-order valence-electron chi connectivity index (χ0n) is 16.0. The molecule has 0 unspecified atom stereocenters. The molecule has 3 rings (SSSR count). The zero-order valence-corrected chi connectivity index (χ0v) is 16.0. The quantitative estimate of drug-likeness (QED) is 0.621. The van der Waals surface area contributed by atoms with Gasteiger partial charge in [0, 0.05) is 12.2 Å². The fourth-order valence-electron chi connectivity index (χ4n) is 2.94. The number of para-hydroxylation sites is 1. The smallest absolute Gasteiger partial charge is 0.274 e. The maximum atomic E-state index is 12.5. The van der Waals surface area contributed by atoms with Gasteiger partial charge in [-0.25, -0.2) is 4.98 Å². The first-order valence-electron chi connectivity index (χ1n) is 9.19. The van der Waals surface area contributed by atoms with Gasteiger partial charge in [0.25, 0.3) is 5.91 Å². The lowest BCUT2D eigenvalue weighted by Crippen LogP contribution is -2.15. The number of benzene rings is 2. The Kier molecular flexibility index (Phi) is 5.87. The van der Waals surface area contributed by atoms with Gasteiger partial charge in [-0.2, -0.15) is 0 Å². The second-order valence-corrected chi connectivity index (χ2v) is 6.91. The molecule has 2 aromatic carbocycles. The Labute approximate surface area is 160 Å². The Hall–Kier alpha value is -3.14. The van der Waals surface area contributed by atoms with Gasteiger partial charge < -0.3 is 10.6 Å². The molecule has 4 heteroatoms. The number of pyridine rings is 1. The summed E-state index contributed by atoms with van der Waals surface area (Å²) in [6.07, 6.45) is 1.70. The third-order valence-corrected chi connectivity index (χ3v) is 4.57. The second kappa shape index (κ2) is 8.49. The van der Waals surface area contributed by atoms with Crippen LogP contribution in [-0.4, -0.2) is 10.9 Å². The number of nitrogens with zero attached hydrogens (tertiary/aromatic N) is 1. The summed E-state index contributed by atoms with van der Waals surface area (Å²) in [5.41, 5.74) is 5.72. The molecule has 0 radical (unpaired) electrons. The molecular weight excluding hydrogens is 334 g/mol. The lowest BCUT2D eigenvalue weighted by Gasteiger charge is -2.13. The number of aromatic nitrogens is 1. The van der Waals surface area contributed by atoms with Crippen molar-refractivity contribution in [2.24, 2.45) is 0 Å².